The highest BCUT2D eigenvalue weighted by Gasteiger charge is 2.26. The van der Waals surface area contributed by atoms with Crippen LogP contribution in [0.4, 0.5) is 11.4 Å². The van der Waals surface area contributed by atoms with Gasteiger partial charge in [0.2, 0.25) is 0 Å². The molecule has 29 heavy (non-hydrogen) atoms. The van der Waals surface area contributed by atoms with Crippen molar-refractivity contribution in [3.8, 4) is 0 Å². The molecule has 0 atom stereocenters. The molecule has 4 rings (SSSR count). The summed E-state index contributed by atoms with van der Waals surface area (Å²) in [6, 6.07) is 5.55. The predicted molar refractivity (Wildman–Crippen MR) is 113 cm³/mol. The molecule has 0 N–H and O–H groups in total. The van der Waals surface area contributed by atoms with Crippen LogP contribution < -0.4 is 4.90 Å². The number of benzene rings is 1. The van der Waals surface area contributed by atoms with Crippen molar-refractivity contribution < 1.29 is 9.72 Å². The summed E-state index contributed by atoms with van der Waals surface area (Å²) in [5.74, 6) is -0.178. The molecule has 0 aromatic heterocycles. The molecule has 3 heterocycles. The Morgan fingerprint density at radius 1 is 1.00 bits per heavy atom. The number of carbonyl (C=O) groups is 1. The van der Waals surface area contributed by atoms with Gasteiger partial charge in [-0.1, -0.05) is 0 Å². The summed E-state index contributed by atoms with van der Waals surface area (Å²) in [6.45, 7) is 6.04. The first-order chi connectivity index (χ1) is 14.1. The SMILES string of the molecule is O=C(C=CN1CCC(N2CCCC2)CC1)c1ccc(N2CCCC2)c([N+](=O)[O-])c1. The standard InChI is InChI=1S/C22H30N4O3/c27-22(9-16-23-14-7-19(8-15-23)24-10-1-2-11-24)18-5-6-20(21(17-18)26(28)29)25-12-3-4-13-25/h5-6,9,16-17,19H,1-4,7-8,10-15H2. The van der Waals surface area contributed by atoms with Crippen LogP contribution in [0.3, 0.4) is 0 Å². The quantitative estimate of drug-likeness (QED) is 0.316. The maximum absolute atomic E-state index is 12.6. The molecular weight excluding hydrogens is 368 g/mol. The minimum absolute atomic E-state index is 0.0255. The average molecular weight is 399 g/mol. The summed E-state index contributed by atoms with van der Waals surface area (Å²) in [5, 5.41) is 11.5. The topological polar surface area (TPSA) is 69.9 Å². The van der Waals surface area contributed by atoms with Crippen molar-refractivity contribution >= 4 is 17.2 Å². The third kappa shape index (κ3) is 4.61. The lowest BCUT2D eigenvalue weighted by Crippen LogP contribution is -2.42. The van der Waals surface area contributed by atoms with Crippen LogP contribution in [0, 0.1) is 10.1 Å². The fourth-order valence-electron chi connectivity index (χ4n) is 4.82. The molecular formula is C22H30N4O3. The van der Waals surface area contributed by atoms with Gasteiger partial charge in [0.05, 0.1) is 4.92 Å². The largest absolute Gasteiger partial charge is 0.377 e. The zero-order valence-corrected chi connectivity index (χ0v) is 17.0. The lowest BCUT2D eigenvalue weighted by molar-refractivity contribution is -0.384. The van der Waals surface area contributed by atoms with Crippen LogP contribution in [0.5, 0.6) is 0 Å². The zero-order valence-electron chi connectivity index (χ0n) is 17.0. The van der Waals surface area contributed by atoms with Crippen molar-refractivity contribution in [3.63, 3.8) is 0 Å². The number of ketones is 1. The maximum atomic E-state index is 12.6. The number of hydrogen-bond donors (Lipinski definition) is 0. The Hall–Kier alpha value is -2.41. The highest BCUT2D eigenvalue weighted by molar-refractivity contribution is 6.05. The smallest absolute Gasteiger partial charge is 0.293 e. The van der Waals surface area contributed by atoms with Gasteiger partial charge in [0.25, 0.3) is 5.69 Å². The van der Waals surface area contributed by atoms with Gasteiger partial charge < -0.3 is 14.7 Å². The summed E-state index contributed by atoms with van der Waals surface area (Å²) < 4.78 is 0. The van der Waals surface area contributed by atoms with Gasteiger partial charge in [-0.15, -0.1) is 0 Å². The summed E-state index contributed by atoms with van der Waals surface area (Å²) in [7, 11) is 0. The third-order valence-electron chi connectivity index (χ3n) is 6.50. The van der Waals surface area contributed by atoms with E-state index in [0.717, 1.165) is 51.9 Å². The first-order valence-corrected chi connectivity index (χ1v) is 10.9. The Balaban J connectivity index is 1.38. The Labute approximate surface area is 172 Å². The van der Waals surface area contributed by atoms with E-state index in [1.807, 2.05) is 11.1 Å². The number of piperidine rings is 1. The minimum atomic E-state index is -0.378. The van der Waals surface area contributed by atoms with Crippen molar-refractivity contribution in [1.82, 2.24) is 9.80 Å². The molecule has 0 saturated carbocycles. The second kappa shape index (κ2) is 8.95. The predicted octanol–water partition coefficient (Wildman–Crippen LogP) is 3.45. The molecule has 0 amide bonds. The van der Waals surface area contributed by atoms with Crippen LogP contribution in [0.25, 0.3) is 0 Å². The number of nitrogens with zero attached hydrogens (tertiary/aromatic N) is 4. The number of hydrogen-bond acceptors (Lipinski definition) is 6. The molecule has 7 heteroatoms. The highest BCUT2D eigenvalue weighted by atomic mass is 16.6. The van der Waals surface area contributed by atoms with E-state index in [0.29, 0.717) is 17.3 Å². The number of nitro groups is 1. The van der Waals surface area contributed by atoms with Crippen molar-refractivity contribution in [2.45, 2.75) is 44.6 Å². The Morgan fingerprint density at radius 3 is 2.31 bits per heavy atom. The lowest BCUT2D eigenvalue weighted by Gasteiger charge is -2.36. The molecule has 0 unspecified atom stereocenters. The number of allylic oxidation sites excluding steroid dienone is 1. The normalized spacial score (nSPS) is 21.4. The van der Waals surface area contributed by atoms with Crippen molar-refractivity contribution in [3.05, 3.63) is 46.2 Å². The summed E-state index contributed by atoms with van der Waals surface area (Å²) in [5.41, 5.74) is 1.03. The van der Waals surface area contributed by atoms with E-state index in [1.165, 1.54) is 32.0 Å². The Bertz CT molecular complexity index is 774. The van der Waals surface area contributed by atoms with Crippen LogP contribution in [0.1, 0.15) is 48.9 Å². The first kappa shape index (κ1) is 19.9. The van der Waals surface area contributed by atoms with Crippen LogP contribution >= 0.6 is 0 Å². The third-order valence-corrected chi connectivity index (χ3v) is 6.50. The summed E-state index contributed by atoms with van der Waals surface area (Å²) in [4.78, 5) is 30.6. The first-order valence-electron chi connectivity index (χ1n) is 10.9. The number of anilines is 1. The van der Waals surface area contributed by atoms with E-state index in [4.69, 9.17) is 0 Å². The number of nitro benzene ring substituents is 1. The lowest BCUT2D eigenvalue weighted by atomic mass is 10.0. The zero-order chi connectivity index (χ0) is 20.2. The van der Waals surface area contributed by atoms with E-state index in [2.05, 4.69) is 9.80 Å². The van der Waals surface area contributed by atoms with Gasteiger partial charge in [-0.3, -0.25) is 14.9 Å². The molecule has 156 valence electrons. The molecule has 3 fully saturated rings. The number of carbonyl (C=O) groups excluding carboxylic acids is 1. The maximum Gasteiger partial charge on any atom is 0.293 e. The number of likely N-dealkylation sites (tertiary alicyclic amines) is 2. The molecule has 0 radical (unpaired) electrons. The Kier molecular flexibility index (Phi) is 6.13. The molecule has 0 bridgehead atoms. The van der Waals surface area contributed by atoms with E-state index in [9.17, 15) is 14.9 Å². The van der Waals surface area contributed by atoms with Gasteiger partial charge in [0, 0.05) is 56.1 Å². The average Bonchev–Trinajstić information content (AvgIpc) is 3.46. The van der Waals surface area contributed by atoms with Gasteiger partial charge in [-0.25, -0.2) is 0 Å². The van der Waals surface area contributed by atoms with Crippen LogP contribution in [-0.4, -0.2) is 65.8 Å². The fourth-order valence-corrected chi connectivity index (χ4v) is 4.82. The molecule has 3 aliphatic heterocycles. The van der Waals surface area contributed by atoms with E-state index in [1.54, 1.807) is 18.2 Å². The van der Waals surface area contributed by atoms with Crippen LogP contribution in [-0.2, 0) is 0 Å². The van der Waals surface area contributed by atoms with Crippen LogP contribution in [0.15, 0.2) is 30.5 Å². The van der Waals surface area contributed by atoms with Crippen molar-refractivity contribution in [2.24, 2.45) is 0 Å². The van der Waals surface area contributed by atoms with E-state index in [-0.39, 0.29) is 16.4 Å². The van der Waals surface area contributed by atoms with Crippen molar-refractivity contribution in [2.75, 3.05) is 44.2 Å². The van der Waals surface area contributed by atoms with Gasteiger partial charge in [-0.05, 0) is 63.7 Å². The van der Waals surface area contributed by atoms with E-state index >= 15 is 0 Å². The molecule has 3 aliphatic rings. The van der Waals surface area contributed by atoms with Crippen LogP contribution in [0.2, 0.25) is 0 Å². The minimum Gasteiger partial charge on any atom is -0.377 e. The highest BCUT2D eigenvalue weighted by Crippen LogP contribution is 2.32. The second-order valence-corrected chi connectivity index (χ2v) is 8.34. The molecule has 0 aliphatic carbocycles. The Morgan fingerprint density at radius 2 is 1.66 bits per heavy atom. The van der Waals surface area contributed by atoms with Gasteiger partial charge in [0.15, 0.2) is 5.78 Å². The second-order valence-electron chi connectivity index (χ2n) is 8.34. The molecule has 7 nitrogen and oxygen atoms in total. The molecule has 1 aromatic carbocycles. The fraction of sp³-hybridized carbons (Fsp3) is 0.591. The van der Waals surface area contributed by atoms with Gasteiger partial charge >= 0.3 is 0 Å². The van der Waals surface area contributed by atoms with E-state index < -0.39 is 0 Å². The summed E-state index contributed by atoms with van der Waals surface area (Å²) in [6.07, 6.45) is 10.4. The van der Waals surface area contributed by atoms with Crippen molar-refractivity contribution in [1.29, 1.82) is 0 Å². The molecule has 1 aromatic rings. The molecule has 0 spiro atoms. The monoisotopic (exact) mass is 398 g/mol. The molecule has 3 saturated heterocycles. The van der Waals surface area contributed by atoms with Gasteiger partial charge in [0.1, 0.15) is 5.69 Å². The number of rotatable bonds is 6. The summed E-state index contributed by atoms with van der Waals surface area (Å²) >= 11 is 0. The van der Waals surface area contributed by atoms with Gasteiger partial charge in [-0.2, -0.15) is 0 Å².